The second kappa shape index (κ2) is 5.58. The molecule has 0 unspecified atom stereocenters. The molecule has 0 aromatic heterocycles. The molecule has 0 N–H and O–H groups in total. The van der Waals surface area contributed by atoms with Gasteiger partial charge in [-0.05, 0) is 91.4 Å². The van der Waals surface area contributed by atoms with Crippen molar-refractivity contribution in [1.82, 2.24) is 0 Å². The largest absolute Gasteiger partial charge is 0.494 e. The van der Waals surface area contributed by atoms with Crippen LogP contribution in [0.3, 0.4) is 0 Å². The Labute approximate surface area is 135 Å². The molecule has 0 saturated heterocycles. The lowest BCUT2D eigenvalue weighted by molar-refractivity contribution is 0.0597. The molecule has 4 rings (SSSR count). The van der Waals surface area contributed by atoms with Gasteiger partial charge in [0, 0.05) is 0 Å². The van der Waals surface area contributed by atoms with Crippen molar-refractivity contribution in [3.05, 3.63) is 29.3 Å². The van der Waals surface area contributed by atoms with Gasteiger partial charge >= 0.3 is 0 Å². The van der Waals surface area contributed by atoms with Gasteiger partial charge in [-0.3, -0.25) is 0 Å². The van der Waals surface area contributed by atoms with E-state index in [1.165, 1.54) is 44.9 Å². The third kappa shape index (κ3) is 2.28. The van der Waals surface area contributed by atoms with Gasteiger partial charge in [0.2, 0.25) is 0 Å². The molecule has 3 aliphatic rings. The third-order valence-corrected chi connectivity index (χ3v) is 6.95. The predicted octanol–water partition coefficient (Wildman–Crippen LogP) is 5.72. The maximum Gasteiger partial charge on any atom is 0.119 e. The normalized spacial score (nSPS) is 36.4. The van der Waals surface area contributed by atoms with E-state index in [2.05, 4.69) is 32.0 Å². The van der Waals surface area contributed by atoms with Crippen LogP contribution < -0.4 is 4.74 Å². The number of fused-ring (bicyclic) bond motifs is 5. The summed E-state index contributed by atoms with van der Waals surface area (Å²) in [6.07, 6.45) is 11.1. The first kappa shape index (κ1) is 14.6. The maximum absolute atomic E-state index is 5.91. The number of aryl methyl sites for hydroxylation is 1. The Morgan fingerprint density at radius 3 is 2.95 bits per heavy atom. The summed E-state index contributed by atoms with van der Waals surface area (Å²) in [7, 11) is 0. The molecule has 1 nitrogen and oxygen atoms in total. The van der Waals surface area contributed by atoms with E-state index in [1.807, 2.05) is 0 Å². The van der Waals surface area contributed by atoms with Crippen molar-refractivity contribution >= 4 is 0 Å². The van der Waals surface area contributed by atoms with Crippen molar-refractivity contribution in [2.45, 2.75) is 71.1 Å². The van der Waals surface area contributed by atoms with Crippen LogP contribution in [0.5, 0.6) is 5.75 Å². The summed E-state index contributed by atoms with van der Waals surface area (Å²) in [6, 6.07) is 6.93. The van der Waals surface area contributed by atoms with E-state index in [1.54, 1.807) is 11.1 Å². The third-order valence-electron chi connectivity index (χ3n) is 6.95. The fourth-order valence-corrected chi connectivity index (χ4v) is 5.85. The van der Waals surface area contributed by atoms with Gasteiger partial charge < -0.3 is 4.74 Å². The molecule has 0 bridgehead atoms. The lowest BCUT2D eigenvalue weighted by Gasteiger charge is -2.49. The first-order chi connectivity index (χ1) is 10.7. The van der Waals surface area contributed by atoms with Crippen LogP contribution in [0.15, 0.2) is 18.2 Å². The van der Waals surface area contributed by atoms with Crippen LogP contribution in [0.4, 0.5) is 0 Å². The first-order valence-electron chi connectivity index (χ1n) is 9.47. The van der Waals surface area contributed by atoms with Crippen molar-refractivity contribution < 1.29 is 4.74 Å². The number of benzene rings is 1. The summed E-state index contributed by atoms with van der Waals surface area (Å²) >= 11 is 0. The summed E-state index contributed by atoms with van der Waals surface area (Å²) < 4.78 is 5.91. The van der Waals surface area contributed by atoms with Gasteiger partial charge in [0.1, 0.15) is 5.75 Å². The lowest BCUT2D eigenvalue weighted by Crippen LogP contribution is -2.39. The van der Waals surface area contributed by atoms with Crippen LogP contribution in [-0.2, 0) is 6.42 Å². The molecule has 0 amide bonds. The lowest BCUT2D eigenvalue weighted by atomic mass is 9.56. The Morgan fingerprint density at radius 1 is 1.18 bits per heavy atom. The molecule has 1 aromatic carbocycles. The molecule has 2 saturated carbocycles. The van der Waals surface area contributed by atoms with Gasteiger partial charge in [0.15, 0.2) is 0 Å². The van der Waals surface area contributed by atoms with Crippen molar-refractivity contribution in [2.24, 2.45) is 17.3 Å². The Balaban J connectivity index is 1.63. The minimum absolute atomic E-state index is 0.662. The second-order valence-corrected chi connectivity index (χ2v) is 8.21. The van der Waals surface area contributed by atoms with Crippen LogP contribution >= 0.6 is 0 Å². The SMILES string of the molecule is CCCOc1ccc2c(c1)[C@H]1CC[C@]3(C)CCC[C@H]3[C@@H]1CC2. The molecular formula is C21H30O. The quantitative estimate of drug-likeness (QED) is 0.693. The van der Waals surface area contributed by atoms with Crippen molar-refractivity contribution in [1.29, 1.82) is 0 Å². The van der Waals surface area contributed by atoms with Gasteiger partial charge in [-0.15, -0.1) is 0 Å². The minimum atomic E-state index is 0.662. The van der Waals surface area contributed by atoms with Crippen molar-refractivity contribution in [3.63, 3.8) is 0 Å². The standard InChI is InChI=1S/C21H30O/c1-3-13-22-16-8-6-15-7-9-18-17(19(15)14-16)10-12-21(2)11-4-5-20(18)21/h6,8,14,17-18,20H,3-5,7,9-13H2,1-2H3/t17-,18+,20-,21-/m0/s1. The van der Waals surface area contributed by atoms with Gasteiger partial charge in [-0.25, -0.2) is 0 Å². The molecule has 2 fully saturated rings. The highest BCUT2D eigenvalue weighted by Crippen LogP contribution is 2.60. The molecular weight excluding hydrogens is 268 g/mol. The Hall–Kier alpha value is -0.980. The average Bonchev–Trinajstić information content (AvgIpc) is 2.94. The van der Waals surface area contributed by atoms with Crippen LogP contribution in [-0.4, -0.2) is 6.61 Å². The van der Waals surface area contributed by atoms with E-state index in [9.17, 15) is 0 Å². The zero-order valence-corrected chi connectivity index (χ0v) is 14.2. The molecule has 0 radical (unpaired) electrons. The van der Waals surface area contributed by atoms with Gasteiger partial charge in [0.25, 0.3) is 0 Å². The summed E-state index contributed by atoms with van der Waals surface area (Å²) in [4.78, 5) is 0. The first-order valence-corrected chi connectivity index (χ1v) is 9.47. The van der Waals surface area contributed by atoms with E-state index in [4.69, 9.17) is 4.74 Å². The zero-order chi connectivity index (χ0) is 15.2. The van der Waals surface area contributed by atoms with Crippen molar-refractivity contribution in [2.75, 3.05) is 6.61 Å². The molecule has 120 valence electrons. The fraction of sp³-hybridized carbons (Fsp3) is 0.714. The Bertz CT molecular complexity index is 549. The monoisotopic (exact) mass is 298 g/mol. The minimum Gasteiger partial charge on any atom is -0.494 e. The summed E-state index contributed by atoms with van der Waals surface area (Å²) in [5, 5.41) is 0. The summed E-state index contributed by atoms with van der Waals surface area (Å²) in [5.41, 5.74) is 3.90. The molecule has 0 heterocycles. The van der Waals surface area contributed by atoms with Crippen molar-refractivity contribution in [3.8, 4) is 5.75 Å². The number of hydrogen-bond acceptors (Lipinski definition) is 1. The fourth-order valence-electron chi connectivity index (χ4n) is 5.85. The maximum atomic E-state index is 5.91. The van der Waals surface area contributed by atoms with E-state index >= 15 is 0 Å². The average molecular weight is 298 g/mol. The Morgan fingerprint density at radius 2 is 2.09 bits per heavy atom. The Kier molecular flexibility index (Phi) is 3.71. The molecule has 0 aliphatic heterocycles. The molecule has 1 aromatic rings. The van der Waals surface area contributed by atoms with E-state index in [0.29, 0.717) is 5.41 Å². The smallest absolute Gasteiger partial charge is 0.119 e. The summed E-state index contributed by atoms with van der Waals surface area (Å²) in [6.45, 7) is 5.60. The molecule has 4 atom stereocenters. The molecule has 22 heavy (non-hydrogen) atoms. The topological polar surface area (TPSA) is 9.23 Å². The number of hydrogen-bond donors (Lipinski definition) is 0. The van der Waals surface area contributed by atoms with Crippen LogP contribution in [0.25, 0.3) is 0 Å². The predicted molar refractivity (Wildman–Crippen MR) is 91.5 cm³/mol. The molecule has 1 heteroatoms. The van der Waals surface area contributed by atoms with Gasteiger partial charge in [0.05, 0.1) is 6.61 Å². The highest BCUT2D eigenvalue weighted by Gasteiger charge is 2.50. The van der Waals surface area contributed by atoms with E-state index < -0.39 is 0 Å². The second-order valence-electron chi connectivity index (χ2n) is 8.21. The summed E-state index contributed by atoms with van der Waals surface area (Å²) in [5.74, 6) is 3.83. The van der Waals surface area contributed by atoms with Gasteiger partial charge in [-0.1, -0.05) is 26.3 Å². The molecule has 3 aliphatic carbocycles. The highest BCUT2D eigenvalue weighted by molar-refractivity contribution is 5.40. The van der Waals surface area contributed by atoms with Crippen LogP contribution in [0, 0.1) is 17.3 Å². The highest BCUT2D eigenvalue weighted by atomic mass is 16.5. The number of ether oxygens (including phenoxy) is 1. The van der Waals surface area contributed by atoms with E-state index in [0.717, 1.165) is 36.5 Å². The number of rotatable bonds is 3. The van der Waals surface area contributed by atoms with E-state index in [-0.39, 0.29) is 0 Å². The molecule has 0 spiro atoms. The van der Waals surface area contributed by atoms with Crippen LogP contribution in [0.2, 0.25) is 0 Å². The van der Waals surface area contributed by atoms with Crippen LogP contribution in [0.1, 0.15) is 75.8 Å². The zero-order valence-electron chi connectivity index (χ0n) is 14.2. The van der Waals surface area contributed by atoms with Gasteiger partial charge in [-0.2, -0.15) is 0 Å².